The Labute approximate surface area is 286 Å². The molecular weight excluding hydrogens is 652 g/mol. The summed E-state index contributed by atoms with van der Waals surface area (Å²) in [6, 6.07) is 18.6. The summed E-state index contributed by atoms with van der Waals surface area (Å²) in [4.78, 5) is 13.2. The van der Waals surface area contributed by atoms with Gasteiger partial charge in [-0.05, 0) is 60.2 Å². The lowest BCUT2D eigenvalue weighted by Crippen LogP contribution is -2.51. The third-order valence-corrected chi connectivity index (χ3v) is 10.7. The van der Waals surface area contributed by atoms with Crippen LogP contribution in [-0.2, 0) is 37.2 Å². The molecule has 0 unspecified atom stereocenters. The number of carbonyl (C=O) groups is 1. The Bertz CT molecular complexity index is 1710. The molecule has 2 saturated heterocycles. The van der Waals surface area contributed by atoms with E-state index in [9.17, 15) is 18.3 Å². The number of rotatable bonds is 14. The van der Waals surface area contributed by atoms with Crippen LogP contribution in [0.4, 0.5) is 16.2 Å². The lowest BCUT2D eigenvalue weighted by Gasteiger charge is -2.31. The number of fused-ring (bicyclic) bond motifs is 2. The van der Waals surface area contributed by atoms with Gasteiger partial charge in [0.05, 0.1) is 47.5 Å². The van der Waals surface area contributed by atoms with Crippen molar-refractivity contribution in [1.82, 2.24) is 9.62 Å². The van der Waals surface area contributed by atoms with Gasteiger partial charge in [-0.1, -0.05) is 50.2 Å². The van der Waals surface area contributed by atoms with Crippen molar-refractivity contribution >= 4 is 27.5 Å². The molecule has 3 heterocycles. The number of hydrogen-bond acceptors (Lipinski definition) is 11. The second-order valence-corrected chi connectivity index (χ2v) is 14.9. The van der Waals surface area contributed by atoms with Crippen molar-refractivity contribution in [3.05, 3.63) is 77.9 Å². The fraction of sp³-hybridized carbons (Fsp3) is 0.457. The number of nitrogens with one attached hydrogen (secondary N) is 2. The maximum atomic E-state index is 14.2. The van der Waals surface area contributed by atoms with Crippen molar-refractivity contribution < 1.29 is 42.0 Å². The Morgan fingerprint density at radius 3 is 2.61 bits per heavy atom. The van der Waals surface area contributed by atoms with Crippen LogP contribution in [0.5, 0.6) is 11.5 Å². The molecule has 5 N–H and O–H groups in total. The standard InChI is InChI=1S/C35H44N4O9S/c1-22(2)18-39(49(42,43)25-9-10-27(36)28(16-25)37-17-24-8-11-31-32(15-24)47-21-46-31)19-30(40)29(14-23-6-4-3-5-7-23)38-35(41)48-33-20-45-34-26(33)12-13-44-34/h3-11,15-16,22,26,29-30,33-34,37,40H,12-14,17-21,36H2,1-2H3,(H,38,41)/t26-,29-,30+,33-,34+/m0/s1. The van der Waals surface area contributed by atoms with Crippen molar-refractivity contribution in [3.8, 4) is 11.5 Å². The summed E-state index contributed by atoms with van der Waals surface area (Å²) in [5.41, 5.74) is 8.83. The van der Waals surface area contributed by atoms with E-state index in [0.717, 1.165) is 17.5 Å². The third-order valence-electron chi connectivity index (χ3n) is 8.85. The molecule has 3 aliphatic heterocycles. The van der Waals surface area contributed by atoms with Crippen molar-refractivity contribution in [2.45, 2.75) is 62.7 Å². The van der Waals surface area contributed by atoms with Gasteiger partial charge in [0.1, 0.15) is 6.10 Å². The molecule has 6 rings (SSSR count). The van der Waals surface area contributed by atoms with Crippen LogP contribution in [0.15, 0.2) is 71.6 Å². The van der Waals surface area contributed by atoms with E-state index in [2.05, 4.69) is 10.6 Å². The monoisotopic (exact) mass is 696 g/mol. The first-order chi connectivity index (χ1) is 23.6. The van der Waals surface area contributed by atoms with E-state index in [4.69, 9.17) is 29.4 Å². The quantitative estimate of drug-likeness (QED) is 0.181. The summed E-state index contributed by atoms with van der Waals surface area (Å²) >= 11 is 0. The van der Waals surface area contributed by atoms with Crippen LogP contribution in [0.1, 0.15) is 31.4 Å². The number of amides is 1. The van der Waals surface area contributed by atoms with Crippen LogP contribution in [0.3, 0.4) is 0 Å². The zero-order valence-electron chi connectivity index (χ0n) is 27.6. The first-order valence-electron chi connectivity index (χ1n) is 16.5. The molecule has 0 bridgehead atoms. The average molecular weight is 697 g/mol. The molecule has 14 heteroatoms. The number of sulfonamides is 1. The van der Waals surface area contributed by atoms with Gasteiger partial charge in [-0.3, -0.25) is 0 Å². The second-order valence-electron chi connectivity index (χ2n) is 13.0. The van der Waals surface area contributed by atoms with Crippen LogP contribution in [-0.4, -0.2) is 81.6 Å². The zero-order chi connectivity index (χ0) is 34.5. The zero-order valence-corrected chi connectivity index (χ0v) is 28.4. The molecule has 2 fully saturated rings. The summed E-state index contributed by atoms with van der Waals surface area (Å²) in [6.07, 6.45) is -1.87. The number of aliphatic hydroxyl groups excluding tert-OH is 1. The number of anilines is 2. The Kier molecular flexibility index (Phi) is 10.8. The Hall–Kier alpha value is -4.08. The highest BCUT2D eigenvalue weighted by molar-refractivity contribution is 7.89. The van der Waals surface area contributed by atoms with Crippen molar-refractivity contribution in [1.29, 1.82) is 0 Å². The van der Waals surface area contributed by atoms with Gasteiger partial charge >= 0.3 is 6.09 Å². The molecule has 5 atom stereocenters. The van der Waals surface area contributed by atoms with Crippen LogP contribution in [0.2, 0.25) is 0 Å². The van der Waals surface area contributed by atoms with Crippen molar-refractivity contribution in [3.63, 3.8) is 0 Å². The van der Waals surface area contributed by atoms with E-state index in [1.807, 2.05) is 62.4 Å². The van der Waals surface area contributed by atoms with Gasteiger partial charge < -0.3 is 45.2 Å². The summed E-state index contributed by atoms with van der Waals surface area (Å²) in [5.74, 6) is 1.20. The van der Waals surface area contributed by atoms with Crippen LogP contribution < -0.4 is 25.8 Å². The van der Waals surface area contributed by atoms with Gasteiger partial charge in [-0.15, -0.1) is 0 Å². The van der Waals surface area contributed by atoms with E-state index < -0.39 is 34.4 Å². The van der Waals surface area contributed by atoms with Gasteiger partial charge in [-0.2, -0.15) is 4.31 Å². The van der Waals surface area contributed by atoms with Crippen LogP contribution in [0.25, 0.3) is 0 Å². The lowest BCUT2D eigenvalue weighted by atomic mass is 10.0. The highest BCUT2D eigenvalue weighted by Gasteiger charge is 2.44. The predicted molar refractivity (Wildman–Crippen MR) is 181 cm³/mol. The molecule has 0 spiro atoms. The molecule has 0 aromatic heterocycles. The molecule has 0 radical (unpaired) electrons. The maximum absolute atomic E-state index is 14.2. The van der Waals surface area contributed by atoms with Gasteiger partial charge in [-0.25, -0.2) is 13.2 Å². The first kappa shape index (κ1) is 34.8. The first-order valence-corrected chi connectivity index (χ1v) is 17.9. The minimum Gasteiger partial charge on any atom is -0.454 e. The molecule has 3 aliphatic rings. The minimum absolute atomic E-state index is 0.0179. The van der Waals surface area contributed by atoms with Crippen LogP contribution >= 0.6 is 0 Å². The SMILES string of the molecule is CC(C)CN(C[C@@H](O)[C@H](Cc1ccccc1)NC(=O)O[C@H]1CO[C@H]2OCC[C@H]21)S(=O)(=O)c1ccc(N)c(NCc2ccc3c(c2)OCO3)c1. The fourth-order valence-electron chi connectivity index (χ4n) is 6.28. The number of benzene rings is 3. The molecule has 3 aromatic rings. The largest absolute Gasteiger partial charge is 0.454 e. The molecule has 0 aliphatic carbocycles. The van der Waals surface area contributed by atoms with E-state index in [0.29, 0.717) is 36.0 Å². The van der Waals surface area contributed by atoms with E-state index in [1.165, 1.54) is 16.4 Å². The summed E-state index contributed by atoms with van der Waals surface area (Å²) < 4.78 is 57.3. The molecule has 0 saturated carbocycles. The van der Waals surface area contributed by atoms with Crippen LogP contribution in [0, 0.1) is 11.8 Å². The molecule has 1 amide bonds. The number of nitrogens with two attached hydrogens (primary N) is 1. The van der Waals surface area contributed by atoms with Gasteiger partial charge in [0.25, 0.3) is 0 Å². The molecule has 3 aromatic carbocycles. The molecule has 49 heavy (non-hydrogen) atoms. The van der Waals surface area contributed by atoms with E-state index in [-0.39, 0.29) is 55.9 Å². The number of ether oxygens (including phenoxy) is 5. The van der Waals surface area contributed by atoms with Gasteiger partial charge in [0, 0.05) is 19.6 Å². The summed E-state index contributed by atoms with van der Waals surface area (Å²) in [6.45, 7) is 4.96. The number of nitrogen functional groups attached to an aromatic ring is 1. The lowest BCUT2D eigenvalue weighted by molar-refractivity contribution is -0.0907. The summed E-state index contributed by atoms with van der Waals surface area (Å²) in [5, 5.41) is 17.7. The predicted octanol–water partition coefficient (Wildman–Crippen LogP) is 3.72. The highest BCUT2D eigenvalue weighted by Crippen LogP contribution is 2.34. The van der Waals surface area contributed by atoms with Crippen molar-refractivity contribution in [2.24, 2.45) is 11.8 Å². The Balaban J connectivity index is 1.18. The van der Waals surface area contributed by atoms with Gasteiger partial charge in [0.2, 0.25) is 16.8 Å². The Morgan fingerprint density at radius 1 is 1.02 bits per heavy atom. The third kappa shape index (κ3) is 8.39. The normalized spacial score (nSPS) is 21.0. The number of hydrogen-bond donors (Lipinski definition) is 4. The highest BCUT2D eigenvalue weighted by atomic mass is 32.2. The molecule has 264 valence electrons. The minimum atomic E-state index is -4.12. The van der Waals surface area contributed by atoms with E-state index >= 15 is 0 Å². The number of carbonyl (C=O) groups excluding carboxylic acids is 1. The molecule has 13 nitrogen and oxygen atoms in total. The topological polar surface area (TPSA) is 171 Å². The smallest absolute Gasteiger partial charge is 0.407 e. The van der Waals surface area contributed by atoms with E-state index in [1.54, 1.807) is 6.07 Å². The Morgan fingerprint density at radius 2 is 1.82 bits per heavy atom. The number of nitrogens with zero attached hydrogens (tertiary/aromatic N) is 1. The maximum Gasteiger partial charge on any atom is 0.407 e. The second kappa shape index (κ2) is 15.2. The fourth-order valence-corrected chi connectivity index (χ4v) is 7.93. The van der Waals surface area contributed by atoms with Gasteiger partial charge in [0.15, 0.2) is 17.8 Å². The molecular formula is C35H44N4O9S. The average Bonchev–Trinajstić information content (AvgIpc) is 3.83. The number of alkyl carbamates (subject to hydrolysis) is 1. The summed E-state index contributed by atoms with van der Waals surface area (Å²) in [7, 11) is -4.12. The number of aliphatic hydroxyl groups is 1. The van der Waals surface area contributed by atoms with Crippen molar-refractivity contribution in [2.75, 3.05) is 44.1 Å².